The molecule has 2 aromatic carbocycles. The van der Waals surface area contributed by atoms with Crippen LogP contribution in [0, 0.1) is 13.8 Å². The molecule has 0 atom stereocenters. The number of rotatable bonds is 3. The van der Waals surface area contributed by atoms with Gasteiger partial charge in [0.15, 0.2) is 0 Å². The molecular weight excluding hydrogens is 328 g/mol. The Balaban J connectivity index is 2.10. The standard InChI is InChI=1S/C17H17BrN2O/c1-11-4-5-15(10-12(11)2)13(3)19-20-17(21)14-6-8-16(18)9-7-14/h4-10H,1-3H3,(H,20,21). The van der Waals surface area contributed by atoms with Gasteiger partial charge in [-0.05, 0) is 67.8 Å². The summed E-state index contributed by atoms with van der Waals surface area (Å²) >= 11 is 3.34. The third-order valence-corrected chi connectivity index (χ3v) is 3.88. The molecule has 0 aliphatic carbocycles. The van der Waals surface area contributed by atoms with Gasteiger partial charge in [-0.15, -0.1) is 0 Å². The topological polar surface area (TPSA) is 41.5 Å². The molecule has 1 N–H and O–H groups in total. The third-order valence-electron chi connectivity index (χ3n) is 3.36. The minimum Gasteiger partial charge on any atom is -0.267 e. The fourth-order valence-electron chi connectivity index (χ4n) is 1.83. The maximum Gasteiger partial charge on any atom is 0.271 e. The van der Waals surface area contributed by atoms with Gasteiger partial charge in [-0.2, -0.15) is 5.10 Å². The molecule has 0 heterocycles. The second-order valence-corrected chi connectivity index (χ2v) is 5.86. The molecule has 2 aromatic rings. The molecule has 108 valence electrons. The van der Waals surface area contributed by atoms with Gasteiger partial charge in [0, 0.05) is 10.0 Å². The molecule has 0 fully saturated rings. The second kappa shape index (κ2) is 6.68. The number of amides is 1. The molecule has 0 radical (unpaired) electrons. The summed E-state index contributed by atoms with van der Waals surface area (Å²) in [5.74, 6) is -0.217. The van der Waals surface area contributed by atoms with Gasteiger partial charge in [-0.25, -0.2) is 5.43 Å². The van der Waals surface area contributed by atoms with Crippen LogP contribution in [-0.2, 0) is 0 Å². The quantitative estimate of drug-likeness (QED) is 0.657. The first-order valence-electron chi connectivity index (χ1n) is 6.65. The highest BCUT2D eigenvalue weighted by atomic mass is 79.9. The van der Waals surface area contributed by atoms with Crippen LogP contribution >= 0.6 is 15.9 Å². The van der Waals surface area contributed by atoms with Crippen molar-refractivity contribution in [3.63, 3.8) is 0 Å². The number of hydrogen-bond donors (Lipinski definition) is 1. The van der Waals surface area contributed by atoms with Crippen molar-refractivity contribution in [1.29, 1.82) is 0 Å². The largest absolute Gasteiger partial charge is 0.271 e. The Labute approximate surface area is 133 Å². The lowest BCUT2D eigenvalue weighted by Crippen LogP contribution is -2.19. The molecule has 2 rings (SSSR count). The van der Waals surface area contributed by atoms with E-state index in [2.05, 4.69) is 52.4 Å². The number of nitrogens with zero attached hydrogens (tertiary/aromatic N) is 1. The second-order valence-electron chi connectivity index (χ2n) is 4.94. The van der Waals surface area contributed by atoms with Crippen LogP contribution in [0.2, 0.25) is 0 Å². The molecule has 4 heteroatoms. The van der Waals surface area contributed by atoms with Crippen LogP contribution in [0.3, 0.4) is 0 Å². The van der Waals surface area contributed by atoms with Gasteiger partial charge in [0.1, 0.15) is 0 Å². The van der Waals surface area contributed by atoms with Gasteiger partial charge in [-0.3, -0.25) is 4.79 Å². The van der Waals surface area contributed by atoms with E-state index in [4.69, 9.17) is 0 Å². The predicted molar refractivity (Wildman–Crippen MR) is 89.7 cm³/mol. The van der Waals surface area contributed by atoms with E-state index in [-0.39, 0.29) is 5.91 Å². The molecule has 3 nitrogen and oxygen atoms in total. The maximum atomic E-state index is 12.0. The monoisotopic (exact) mass is 344 g/mol. The zero-order valence-electron chi connectivity index (χ0n) is 12.3. The van der Waals surface area contributed by atoms with Crippen molar-refractivity contribution in [2.45, 2.75) is 20.8 Å². The number of benzene rings is 2. The number of halogens is 1. The van der Waals surface area contributed by atoms with Gasteiger partial charge >= 0.3 is 0 Å². The first-order chi connectivity index (χ1) is 9.97. The maximum absolute atomic E-state index is 12.0. The molecular formula is C17H17BrN2O. The van der Waals surface area contributed by atoms with E-state index in [9.17, 15) is 4.79 Å². The van der Waals surface area contributed by atoms with E-state index in [1.807, 2.05) is 25.1 Å². The van der Waals surface area contributed by atoms with Crippen molar-refractivity contribution in [3.8, 4) is 0 Å². The average Bonchev–Trinajstić information content (AvgIpc) is 2.48. The van der Waals surface area contributed by atoms with Gasteiger partial charge in [0.25, 0.3) is 5.91 Å². The van der Waals surface area contributed by atoms with Crippen molar-refractivity contribution >= 4 is 27.5 Å². The van der Waals surface area contributed by atoms with Crippen LogP contribution in [0.5, 0.6) is 0 Å². The van der Waals surface area contributed by atoms with E-state index in [1.165, 1.54) is 11.1 Å². The van der Waals surface area contributed by atoms with Crippen molar-refractivity contribution < 1.29 is 4.79 Å². The van der Waals surface area contributed by atoms with Crippen LogP contribution < -0.4 is 5.43 Å². The molecule has 21 heavy (non-hydrogen) atoms. The minimum atomic E-state index is -0.217. The summed E-state index contributed by atoms with van der Waals surface area (Å²) < 4.78 is 0.939. The number of nitrogens with one attached hydrogen (secondary N) is 1. The van der Waals surface area contributed by atoms with Crippen molar-refractivity contribution in [3.05, 3.63) is 69.2 Å². The summed E-state index contributed by atoms with van der Waals surface area (Å²) in [7, 11) is 0. The first kappa shape index (κ1) is 15.4. The van der Waals surface area contributed by atoms with Crippen molar-refractivity contribution in [2.75, 3.05) is 0 Å². The summed E-state index contributed by atoms with van der Waals surface area (Å²) in [6.45, 7) is 6.01. The Morgan fingerprint density at radius 1 is 1.00 bits per heavy atom. The number of hydrazone groups is 1. The fraction of sp³-hybridized carbons (Fsp3) is 0.176. The first-order valence-corrected chi connectivity index (χ1v) is 7.44. The number of hydrogen-bond acceptors (Lipinski definition) is 2. The highest BCUT2D eigenvalue weighted by Crippen LogP contribution is 2.12. The molecule has 0 unspecified atom stereocenters. The Kier molecular flexibility index (Phi) is 4.91. The molecule has 0 aromatic heterocycles. The van der Waals surface area contributed by atoms with Crippen LogP contribution in [0.4, 0.5) is 0 Å². The van der Waals surface area contributed by atoms with Crippen LogP contribution in [-0.4, -0.2) is 11.6 Å². The summed E-state index contributed by atoms with van der Waals surface area (Å²) in [5.41, 5.74) is 7.40. The molecule has 1 amide bonds. The van der Waals surface area contributed by atoms with Gasteiger partial charge in [-0.1, -0.05) is 28.1 Å². The summed E-state index contributed by atoms with van der Waals surface area (Å²) in [5, 5.41) is 4.17. The van der Waals surface area contributed by atoms with Crippen LogP contribution in [0.25, 0.3) is 0 Å². The molecule has 0 spiro atoms. The third kappa shape index (κ3) is 4.02. The highest BCUT2D eigenvalue weighted by Gasteiger charge is 2.05. The zero-order valence-corrected chi connectivity index (χ0v) is 13.9. The Hall–Kier alpha value is -1.94. The minimum absolute atomic E-state index is 0.217. The SMILES string of the molecule is CC(=NNC(=O)c1ccc(Br)cc1)c1ccc(C)c(C)c1. The number of carbonyl (C=O) groups is 1. The van der Waals surface area contributed by atoms with E-state index in [1.54, 1.807) is 12.1 Å². The van der Waals surface area contributed by atoms with E-state index >= 15 is 0 Å². The Morgan fingerprint density at radius 3 is 2.24 bits per heavy atom. The van der Waals surface area contributed by atoms with E-state index in [0.29, 0.717) is 5.56 Å². The predicted octanol–water partition coefficient (Wildman–Crippen LogP) is 4.22. The van der Waals surface area contributed by atoms with E-state index < -0.39 is 0 Å². The summed E-state index contributed by atoms with van der Waals surface area (Å²) in [4.78, 5) is 12.0. The number of aryl methyl sites for hydroxylation is 2. The van der Waals surface area contributed by atoms with Gasteiger partial charge in [0.05, 0.1) is 5.71 Å². The van der Waals surface area contributed by atoms with E-state index in [0.717, 1.165) is 15.7 Å². The lowest BCUT2D eigenvalue weighted by atomic mass is 10.0. The lowest BCUT2D eigenvalue weighted by molar-refractivity contribution is 0.0955. The van der Waals surface area contributed by atoms with Gasteiger partial charge < -0.3 is 0 Å². The highest BCUT2D eigenvalue weighted by molar-refractivity contribution is 9.10. The van der Waals surface area contributed by atoms with Crippen molar-refractivity contribution in [2.24, 2.45) is 5.10 Å². The van der Waals surface area contributed by atoms with Gasteiger partial charge in [0.2, 0.25) is 0 Å². The Bertz CT molecular complexity index is 690. The molecule has 0 aliphatic rings. The lowest BCUT2D eigenvalue weighted by Gasteiger charge is -2.06. The summed E-state index contributed by atoms with van der Waals surface area (Å²) in [6, 6.07) is 13.3. The fourth-order valence-corrected chi connectivity index (χ4v) is 2.10. The smallest absolute Gasteiger partial charge is 0.267 e. The molecule has 0 saturated heterocycles. The number of carbonyl (C=O) groups excluding carboxylic acids is 1. The summed E-state index contributed by atoms with van der Waals surface area (Å²) in [6.07, 6.45) is 0. The average molecular weight is 345 g/mol. The normalized spacial score (nSPS) is 11.3. The molecule has 0 bridgehead atoms. The van der Waals surface area contributed by atoms with Crippen LogP contribution in [0.1, 0.15) is 34.0 Å². The molecule has 0 aliphatic heterocycles. The Morgan fingerprint density at radius 2 is 1.62 bits per heavy atom. The van der Waals surface area contributed by atoms with Crippen LogP contribution in [0.15, 0.2) is 52.0 Å². The zero-order chi connectivity index (χ0) is 15.4. The molecule has 0 saturated carbocycles. The van der Waals surface area contributed by atoms with Crippen molar-refractivity contribution in [1.82, 2.24) is 5.43 Å².